The van der Waals surface area contributed by atoms with Crippen LogP contribution in [0.3, 0.4) is 0 Å². The van der Waals surface area contributed by atoms with Crippen LogP contribution in [0.5, 0.6) is 0 Å². The van der Waals surface area contributed by atoms with E-state index in [-0.39, 0.29) is 23.2 Å². The predicted octanol–water partition coefficient (Wildman–Crippen LogP) is 1.91. The third-order valence-electron chi connectivity index (χ3n) is 4.06. The van der Waals surface area contributed by atoms with E-state index in [1.165, 1.54) is 12.1 Å². The van der Waals surface area contributed by atoms with Crippen molar-refractivity contribution in [2.24, 2.45) is 0 Å². The van der Waals surface area contributed by atoms with Crippen molar-refractivity contribution in [2.75, 3.05) is 39.4 Å². The lowest BCUT2D eigenvalue weighted by molar-refractivity contribution is 0.0374. The Morgan fingerprint density at radius 1 is 1.31 bits per heavy atom. The number of halogens is 2. The molecule has 1 saturated heterocycles. The van der Waals surface area contributed by atoms with Crippen LogP contribution < -0.4 is 5.32 Å². The van der Waals surface area contributed by atoms with Crippen molar-refractivity contribution in [2.45, 2.75) is 12.8 Å². The average molecular weight is 383 g/mol. The van der Waals surface area contributed by atoms with E-state index in [9.17, 15) is 9.18 Å². The number of nitrogens with one attached hydrogen (secondary N) is 1. The lowest BCUT2D eigenvalue weighted by atomic mass is 10.1. The van der Waals surface area contributed by atoms with Gasteiger partial charge in [-0.15, -0.1) is 10.2 Å². The topological polar surface area (TPSA) is 80.5 Å². The third-order valence-corrected chi connectivity index (χ3v) is 4.41. The second kappa shape index (κ2) is 9.07. The monoisotopic (exact) mass is 382 g/mol. The molecule has 0 unspecified atom stereocenters. The zero-order valence-corrected chi connectivity index (χ0v) is 15.0. The Morgan fingerprint density at radius 3 is 2.88 bits per heavy atom. The second-order valence-electron chi connectivity index (χ2n) is 5.98. The van der Waals surface area contributed by atoms with Gasteiger partial charge in [0.15, 0.2) is 0 Å². The third kappa shape index (κ3) is 5.23. The lowest BCUT2D eigenvalue weighted by Crippen LogP contribution is -2.38. The number of benzene rings is 1. The van der Waals surface area contributed by atoms with E-state index in [4.69, 9.17) is 20.8 Å². The predicted molar refractivity (Wildman–Crippen MR) is 92.7 cm³/mol. The van der Waals surface area contributed by atoms with Gasteiger partial charge in [-0.3, -0.25) is 9.69 Å². The van der Waals surface area contributed by atoms with Crippen molar-refractivity contribution in [3.8, 4) is 0 Å². The largest absolute Gasteiger partial charge is 0.417 e. The first-order valence-electron chi connectivity index (χ1n) is 8.46. The molecule has 2 heterocycles. The van der Waals surface area contributed by atoms with Gasteiger partial charge in [-0.2, -0.15) is 0 Å². The summed E-state index contributed by atoms with van der Waals surface area (Å²) < 4.78 is 23.7. The fraction of sp³-hybridized carbons (Fsp3) is 0.471. The first kappa shape index (κ1) is 18.8. The summed E-state index contributed by atoms with van der Waals surface area (Å²) in [5, 5.41) is 10.6. The zero-order valence-electron chi connectivity index (χ0n) is 14.2. The normalized spacial score (nSPS) is 15.2. The number of nitrogens with zero attached hydrogens (tertiary/aromatic N) is 3. The van der Waals surface area contributed by atoms with Gasteiger partial charge in [0.25, 0.3) is 0 Å². The first-order valence-corrected chi connectivity index (χ1v) is 8.84. The second-order valence-corrected chi connectivity index (χ2v) is 6.38. The summed E-state index contributed by atoms with van der Waals surface area (Å²) in [7, 11) is 0. The standard InChI is InChI=1S/C17H20ClFN4O3/c18-14-11-13(19)3-2-12(14)10-15-21-22-17(26-15)16(24)20-4-1-5-23-6-8-25-9-7-23/h2-3,11H,1,4-10H2,(H,20,24). The van der Waals surface area contributed by atoms with Gasteiger partial charge in [-0.25, -0.2) is 4.39 Å². The molecule has 1 aromatic carbocycles. The van der Waals surface area contributed by atoms with Crippen LogP contribution in [-0.2, 0) is 11.2 Å². The summed E-state index contributed by atoms with van der Waals surface area (Å²) in [6.07, 6.45) is 1.06. The Kier molecular flexibility index (Phi) is 6.54. The molecule has 7 nitrogen and oxygen atoms in total. The van der Waals surface area contributed by atoms with Crippen molar-refractivity contribution in [1.29, 1.82) is 0 Å². The van der Waals surface area contributed by atoms with E-state index in [0.29, 0.717) is 12.1 Å². The minimum atomic E-state index is -0.415. The van der Waals surface area contributed by atoms with Gasteiger partial charge in [0, 0.05) is 24.7 Å². The highest BCUT2D eigenvalue weighted by Gasteiger charge is 2.16. The molecular weight excluding hydrogens is 363 g/mol. The molecule has 0 spiro atoms. The lowest BCUT2D eigenvalue weighted by Gasteiger charge is -2.26. The van der Waals surface area contributed by atoms with E-state index >= 15 is 0 Å². The summed E-state index contributed by atoms with van der Waals surface area (Å²) in [5.74, 6) is -0.668. The number of carbonyl (C=O) groups is 1. The minimum Gasteiger partial charge on any atom is -0.417 e. The average Bonchev–Trinajstić information content (AvgIpc) is 3.11. The van der Waals surface area contributed by atoms with E-state index in [0.717, 1.165) is 39.3 Å². The molecule has 0 radical (unpaired) electrons. The molecule has 0 atom stereocenters. The molecule has 1 amide bonds. The van der Waals surface area contributed by atoms with E-state index in [1.807, 2.05) is 0 Å². The Labute approximate surface area is 155 Å². The SMILES string of the molecule is O=C(NCCCN1CCOCC1)c1nnc(Cc2ccc(F)cc2Cl)o1. The molecule has 26 heavy (non-hydrogen) atoms. The van der Waals surface area contributed by atoms with Crippen LogP contribution >= 0.6 is 11.6 Å². The maximum atomic E-state index is 13.1. The van der Waals surface area contributed by atoms with Crippen molar-refractivity contribution in [3.05, 3.63) is 46.4 Å². The maximum Gasteiger partial charge on any atom is 0.308 e. The van der Waals surface area contributed by atoms with Crippen molar-refractivity contribution in [3.63, 3.8) is 0 Å². The van der Waals surface area contributed by atoms with Crippen LogP contribution in [0, 0.1) is 5.82 Å². The van der Waals surface area contributed by atoms with Crippen LogP contribution in [0.15, 0.2) is 22.6 Å². The number of hydrogen-bond donors (Lipinski definition) is 1. The van der Waals surface area contributed by atoms with Crippen LogP contribution in [0.4, 0.5) is 4.39 Å². The molecule has 1 fully saturated rings. The quantitative estimate of drug-likeness (QED) is 0.737. The summed E-state index contributed by atoms with van der Waals surface area (Å²) >= 11 is 5.98. The first-order chi connectivity index (χ1) is 12.6. The molecule has 1 N–H and O–H groups in total. The van der Waals surface area contributed by atoms with Gasteiger partial charge < -0.3 is 14.5 Å². The Morgan fingerprint density at radius 2 is 2.12 bits per heavy atom. The van der Waals surface area contributed by atoms with Crippen LogP contribution in [0.25, 0.3) is 0 Å². The van der Waals surface area contributed by atoms with Crippen LogP contribution in [0.1, 0.15) is 28.6 Å². The molecule has 1 aliphatic rings. The molecule has 0 bridgehead atoms. The summed E-state index contributed by atoms with van der Waals surface area (Å²) in [6, 6.07) is 4.07. The Hall–Kier alpha value is -2.03. The van der Waals surface area contributed by atoms with Gasteiger partial charge in [0.05, 0.1) is 19.6 Å². The number of rotatable bonds is 7. The van der Waals surface area contributed by atoms with Gasteiger partial charge in [-0.05, 0) is 30.7 Å². The number of hydrogen-bond acceptors (Lipinski definition) is 6. The van der Waals surface area contributed by atoms with Crippen LogP contribution in [0.2, 0.25) is 5.02 Å². The summed E-state index contributed by atoms with van der Waals surface area (Å²) in [6.45, 7) is 4.80. The molecular formula is C17H20ClFN4O3. The highest BCUT2D eigenvalue weighted by molar-refractivity contribution is 6.31. The molecule has 0 saturated carbocycles. The van der Waals surface area contributed by atoms with Gasteiger partial charge >= 0.3 is 11.8 Å². The van der Waals surface area contributed by atoms with E-state index in [2.05, 4.69) is 20.4 Å². The fourth-order valence-corrected chi connectivity index (χ4v) is 2.88. The Bertz CT molecular complexity index is 749. The summed E-state index contributed by atoms with van der Waals surface area (Å²) in [4.78, 5) is 14.4. The molecule has 2 aromatic rings. The van der Waals surface area contributed by atoms with Gasteiger partial charge in [-0.1, -0.05) is 17.7 Å². The highest BCUT2D eigenvalue weighted by Crippen LogP contribution is 2.20. The smallest absolute Gasteiger partial charge is 0.308 e. The van der Waals surface area contributed by atoms with Crippen molar-refractivity contribution in [1.82, 2.24) is 20.4 Å². The van der Waals surface area contributed by atoms with Crippen molar-refractivity contribution < 1.29 is 18.3 Å². The number of aromatic nitrogens is 2. The molecule has 3 rings (SSSR count). The van der Waals surface area contributed by atoms with Gasteiger partial charge in [0.2, 0.25) is 5.89 Å². The number of amides is 1. The zero-order chi connectivity index (χ0) is 18.4. The number of carbonyl (C=O) groups excluding carboxylic acids is 1. The highest BCUT2D eigenvalue weighted by atomic mass is 35.5. The maximum absolute atomic E-state index is 13.1. The number of morpholine rings is 1. The molecule has 9 heteroatoms. The molecule has 1 aromatic heterocycles. The fourth-order valence-electron chi connectivity index (χ4n) is 2.65. The molecule has 0 aliphatic carbocycles. The van der Waals surface area contributed by atoms with Crippen LogP contribution in [-0.4, -0.2) is 60.4 Å². The van der Waals surface area contributed by atoms with E-state index < -0.39 is 11.7 Å². The van der Waals surface area contributed by atoms with Crippen molar-refractivity contribution >= 4 is 17.5 Å². The summed E-state index contributed by atoms with van der Waals surface area (Å²) in [5.41, 5.74) is 0.647. The molecule has 1 aliphatic heterocycles. The minimum absolute atomic E-state index is 0.0930. The Balaban J connectivity index is 1.45. The van der Waals surface area contributed by atoms with Gasteiger partial charge in [0.1, 0.15) is 5.82 Å². The molecule has 140 valence electrons. The van der Waals surface area contributed by atoms with E-state index in [1.54, 1.807) is 6.07 Å². The number of ether oxygens (including phenoxy) is 1.